The van der Waals surface area contributed by atoms with E-state index in [1.54, 1.807) is 17.2 Å². The zero-order valence-corrected chi connectivity index (χ0v) is 17.4. The molecule has 0 spiro atoms. The molecule has 1 fully saturated rings. The van der Waals surface area contributed by atoms with Gasteiger partial charge < -0.3 is 10.1 Å². The van der Waals surface area contributed by atoms with Gasteiger partial charge in [-0.3, -0.25) is 4.90 Å². The Morgan fingerprint density at radius 1 is 1.00 bits per heavy atom. The van der Waals surface area contributed by atoms with Crippen molar-refractivity contribution in [3.63, 3.8) is 0 Å². The summed E-state index contributed by atoms with van der Waals surface area (Å²) in [4.78, 5) is 22.7. The average molecular weight is 402 g/mol. The molecule has 2 aromatic carbocycles. The van der Waals surface area contributed by atoms with E-state index in [1.807, 2.05) is 18.2 Å². The summed E-state index contributed by atoms with van der Waals surface area (Å²) in [7, 11) is 0. The van der Waals surface area contributed by atoms with Crippen molar-refractivity contribution in [2.24, 2.45) is 5.92 Å². The summed E-state index contributed by atoms with van der Waals surface area (Å²) in [5.74, 6) is 1.31. The molecule has 1 aromatic heterocycles. The van der Waals surface area contributed by atoms with E-state index in [1.165, 1.54) is 11.1 Å². The van der Waals surface area contributed by atoms with Crippen LogP contribution in [0.25, 0.3) is 11.1 Å². The molecule has 4 rings (SSSR count). The molecule has 1 amide bonds. The number of hydrogen-bond donors (Lipinski definition) is 1. The number of hydrogen-bond acceptors (Lipinski definition) is 5. The minimum absolute atomic E-state index is 0.0106. The third kappa shape index (κ3) is 4.13. The maximum Gasteiger partial charge on any atom is 0.415 e. The molecule has 0 aliphatic carbocycles. The molecule has 2 atom stereocenters. The molecule has 2 heterocycles. The van der Waals surface area contributed by atoms with Crippen molar-refractivity contribution in [3.8, 4) is 11.1 Å². The van der Waals surface area contributed by atoms with E-state index in [9.17, 15) is 4.79 Å². The Hall–Kier alpha value is -3.41. The molecule has 1 aliphatic rings. The normalized spacial score (nSPS) is 17.1. The predicted molar refractivity (Wildman–Crippen MR) is 118 cm³/mol. The molecule has 1 saturated heterocycles. The molecule has 1 unspecified atom stereocenters. The van der Waals surface area contributed by atoms with Crippen molar-refractivity contribution >= 4 is 17.9 Å². The van der Waals surface area contributed by atoms with Crippen molar-refractivity contribution in [2.45, 2.75) is 32.9 Å². The quantitative estimate of drug-likeness (QED) is 0.606. The summed E-state index contributed by atoms with van der Waals surface area (Å²) < 4.78 is 5.24. The van der Waals surface area contributed by atoms with Gasteiger partial charge in [-0.15, -0.1) is 0 Å². The first-order valence-corrected chi connectivity index (χ1v) is 10.2. The lowest BCUT2D eigenvalue weighted by atomic mass is 10.0. The number of carbonyl (C=O) groups is 1. The van der Waals surface area contributed by atoms with E-state index in [2.05, 4.69) is 72.5 Å². The largest absolute Gasteiger partial charge is 0.447 e. The van der Waals surface area contributed by atoms with Gasteiger partial charge in [0.15, 0.2) is 0 Å². The first-order chi connectivity index (χ1) is 14.5. The molecule has 0 bridgehead atoms. The summed E-state index contributed by atoms with van der Waals surface area (Å²) in [6, 6.07) is 20.5. The number of rotatable bonds is 6. The molecule has 1 N–H and O–H groups in total. The third-order valence-electron chi connectivity index (χ3n) is 5.43. The lowest BCUT2D eigenvalue weighted by Gasteiger charge is -2.23. The number of nitrogens with one attached hydrogen (secondary N) is 1. The molecule has 6 nitrogen and oxygen atoms in total. The smallest absolute Gasteiger partial charge is 0.415 e. The fourth-order valence-corrected chi connectivity index (χ4v) is 3.61. The van der Waals surface area contributed by atoms with Gasteiger partial charge >= 0.3 is 6.09 Å². The zero-order valence-electron chi connectivity index (χ0n) is 17.4. The first kappa shape index (κ1) is 19.9. The second-order valence-electron chi connectivity index (χ2n) is 7.85. The highest BCUT2D eigenvalue weighted by molar-refractivity contribution is 5.89. The second-order valence-corrected chi connectivity index (χ2v) is 7.85. The number of anilines is 2. The summed E-state index contributed by atoms with van der Waals surface area (Å²) in [6.45, 7) is 6.59. The van der Waals surface area contributed by atoms with E-state index in [0.29, 0.717) is 18.4 Å². The number of carbonyl (C=O) groups excluding carboxylic acids is 1. The van der Waals surface area contributed by atoms with Crippen LogP contribution in [-0.2, 0) is 4.74 Å². The van der Waals surface area contributed by atoms with Crippen LogP contribution in [-0.4, -0.2) is 28.7 Å². The predicted octanol–water partition coefficient (Wildman–Crippen LogP) is 5.30. The number of aromatic nitrogens is 2. The Bertz CT molecular complexity index is 1010. The van der Waals surface area contributed by atoms with Gasteiger partial charge in [-0.2, -0.15) is 4.98 Å². The minimum atomic E-state index is -0.358. The van der Waals surface area contributed by atoms with Crippen molar-refractivity contribution in [1.29, 1.82) is 0 Å². The standard InChI is InChI=1S/C24H26N4O2/c1-16(2)21-15-30-24(29)28(21)22-13-14-25-23(27-22)26-17(3)18-9-11-20(12-10-18)19-7-5-4-6-8-19/h4-14,16-17,21H,15H2,1-3H3,(H,25,26,27)/t17-,21?/m1/s1. The van der Waals surface area contributed by atoms with E-state index in [-0.39, 0.29) is 24.1 Å². The van der Waals surface area contributed by atoms with Crippen molar-refractivity contribution in [3.05, 3.63) is 72.4 Å². The van der Waals surface area contributed by atoms with Crippen LogP contribution in [0.4, 0.5) is 16.6 Å². The summed E-state index contributed by atoms with van der Waals surface area (Å²) in [5.41, 5.74) is 3.50. The molecule has 3 aromatic rings. The Labute approximate surface area is 176 Å². The zero-order chi connectivity index (χ0) is 21.1. The van der Waals surface area contributed by atoms with Crippen LogP contribution in [0.15, 0.2) is 66.9 Å². The summed E-state index contributed by atoms with van der Waals surface area (Å²) in [5, 5.41) is 3.34. The summed E-state index contributed by atoms with van der Waals surface area (Å²) in [6.07, 6.45) is 1.31. The van der Waals surface area contributed by atoms with Gasteiger partial charge in [-0.1, -0.05) is 68.4 Å². The topological polar surface area (TPSA) is 67.3 Å². The molecular formula is C24H26N4O2. The second kappa shape index (κ2) is 8.53. The number of ether oxygens (including phenoxy) is 1. The fourth-order valence-electron chi connectivity index (χ4n) is 3.61. The Balaban J connectivity index is 1.49. The molecule has 6 heteroatoms. The SMILES string of the molecule is CC(C)C1COC(=O)N1c1ccnc(N[C@H](C)c2ccc(-c3ccccc3)cc2)n1. The van der Waals surface area contributed by atoms with E-state index in [4.69, 9.17) is 4.74 Å². The lowest BCUT2D eigenvalue weighted by Crippen LogP contribution is -2.37. The molecular weight excluding hydrogens is 376 g/mol. The molecule has 0 saturated carbocycles. The average Bonchev–Trinajstić information content (AvgIpc) is 3.16. The van der Waals surface area contributed by atoms with Crippen LogP contribution in [0.3, 0.4) is 0 Å². The van der Waals surface area contributed by atoms with Crippen molar-refractivity contribution in [2.75, 3.05) is 16.8 Å². The van der Waals surface area contributed by atoms with Crippen molar-refractivity contribution in [1.82, 2.24) is 9.97 Å². The molecule has 1 aliphatic heterocycles. The lowest BCUT2D eigenvalue weighted by molar-refractivity contribution is 0.177. The Kier molecular flexibility index (Phi) is 5.65. The number of benzene rings is 2. The van der Waals surface area contributed by atoms with Gasteiger partial charge in [0.25, 0.3) is 0 Å². The van der Waals surface area contributed by atoms with Gasteiger partial charge in [0.05, 0.1) is 12.1 Å². The van der Waals surface area contributed by atoms with Crippen LogP contribution < -0.4 is 10.2 Å². The first-order valence-electron chi connectivity index (χ1n) is 10.2. The summed E-state index contributed by atoms with van der Waals surface area (Å²) >= 11 is 0. The van der Waals surface area contributed by atoms with Crippen LogP contribution >= 0.6 is 0 Å². The van der Waals surface area contributed by atoms with Gasteiger partial charge in [-0.05, 0) is 35.6 Å². The minimum Gasteiger partial charge on any atom is -0.447 e. The fraction of sp³-hybridized carbons (Fsp3) is 0.292. The van der Waals surface area contributed by atoms with Crippen LogP contribution in [0, 0.1) is 5.92 Å². The number of cyclic esters (lactones) is 1. The monoisotopic (exact) mass is 402 g/mol. The molecule has 0 radical (unpaired) electrons. The number of amides is 1. The van der Waals surface area contributed by atoms with E-state index < -0.39 is 0 Å². The highest BCUT2D eigenvalue weighted by atomic mass is 16.6. The Morgan fingerprint density at radius 3 is 2.40 bits per heavy atom. The maximum atomic E-state index is 12.2. The third-order valence-corrected chi connectivity index (χ3v) is 5.43. The van der Waals surface area contributed by atoms with E-state index in [0.717, 1.165) is 5.56 Å². The highest BCUT2D eigenvalue weighted by Crippen LogP contribution is 2.27. The van der Waals surface area contributed by atoms with Gasteiger partial charge in [0.1, 0.15) is 12.4 Å². The van der Waals surface area contributed by atoms with Crippen LogP contribution in [0.1, 0.15) is 32.4 Å². The van der Waals surface area contributed by atoms with Crippen LogP contribution in [0.2, 0.25) is 0 Å². The molecule has 154 valence electrons. The van der Waals surface area contributed by atoms with Gasteiger partial charge in [0, 0.05) is 6.20 Å². The molecule has 30 heavy (non-hydrogen) atoms. The van der Waals surface area contributed by atoms with Gasteiger partial charge in [0.2, 0.25) is 5.95 Å². The van der Waals surface area contributed by atoms with Gasteiger partial charge in [-0.25, -0.2) is 9.78 Å². The maximum absolute atomic E-state index is 12.2. The number of nitrogens with zero attached hydrogens (tertiary/aromatic N) is 3. The Morgan fingerprint density at radius 2 is 1.70 bits per heavy atom. The highest BCUT2D eigenvalue weighted by Gasteiger charge is 2.37. The van der Waals surface area contributed by atoms with Crippen molar-refractivity contribution < 1.29 is 9.53 Å². The van der Waals surface area contributed by atoms with E-state index >= 15 is 0 Å². The van der Waals surface area contributed by atoms with Crippen LogP contribution in [0.5, 0.6) is 0 Å².